The fourth-order valence-electron chi connectivity index (χ4n) is 1.83. The van der Waals surface area contributed by atoms with Crippen LogP contribution in [0, 0.1) is 0 Å². The number of nitrogens with two attached hydrogens (primary N) is 1. The molecular formula is C13H20NO5P. The Morgan fingerprint density at radius 1 is 1.45 bits per heavy atom. The van der Waals surface area contributed by atoms with Crippen LogP contribution in [0.4, 0.5) is 0 Å². The van der Waals surface area contributed by atoms with Crippen molar-refractivity contribution in [3.05, 3.63) is 29.8 Å². The van der Waals surface area contributed by atoms with E-state index in [0.29, 0.717) is 12.2 Å². The molecule has 0 aliphatic heterocycles. The van der Waals surface area contributed by atoms with Gasteiger partial charge in [-0.1, -0.05) is 18.2 Å². The fourth-order valence-corrected chi connectivity index (χ4v) is 3.25. The molecule has 1 aromatic carbocycles. The number of rotatable bonds is 8. The number of carbonyl (C=O) groups is 1. The summed E-state index contributed by atoms with van der Waals surface area (Å²) < 4.78 is 17.3. The molecule has 0 radical (unpaired) electrons. The first-order valence-electron chi connectivity index (χ1n) is 6.27. The van der Waals surface area contributed by atoms with E-state index in [1.807, 2.05) is 18.2 Å². The normalized spacial score (nSPS) is 15.3. The first kappa shape index (κ1) is 16.7. The molecule has 1 aromatic rings. The van der Waals surface area contributed by atoms with Crippen LogP contribution in [0.2, 0.25) is 0 Å². The molecule has 6 nitrogen and oxygen atoms in total. The van der Waals surface area contributed by atoms with Gasteiger partial charge in [0.25, 0.3) is 0 Å². The number of benzene rings is 1. The van der Waals surface area contributed by atoms with Crippen molar-refractivity contribution in [1.82, 2.24) is 0 Å². The highest BCUT2D eigenvalue weighted by Crippen LogP contribution is 2.46. The quantitative estimate of drug-likeness (QED) is 0.630. The van der Waals surface area contributed by atoms with Gasteiger partial charge in [0, 0.05) is 12.6 Å². The van der Waals surface area contributed by atoms with Gasteiger partial charge in [-0.05, 0) is 24.5 Å². The highest BCUT2D eigenvalue weighted by molar-refractivity contribution is 7.58. The third-order valence-electron chi connectivity index (χ3n) is 3.07. The van der Waals surface area contributed by atoms with Crippen molar-refractivity contribution in [3.8, 4) is 5.75 Å². The summed E-state index contributed by atoms with van der Waals surface area (Å²) in [4.78, 5) is 20.4. The van der Waals surface area contributed by atoms with Gasteiger partial charge in [0.15, 0.2) is 0 Å². The van der Waals surface area contributed by atoms with E-state index in [1.165, 1.54) is 7.11 Å². The van der Waals surface area contributed by atoms with E-state index >= 15 is 0 Å². The molecule has 0 fully saturated rings. The van der Waals surface area contributed by atoms with Gasteiger partial charge in [0.1, 0.15) is 5.75 Å². The second-order valence-corrected chi connectivity index (χ2v) is 7.16. The van der Waals surface area contributed by atoms with E-state index < -0.39 is 19.1 Å². The number of carboxylic acid groups (broad SMARTS) is 1. The zero-order valence-corrected chi connectivity index (χ0v) is 12.3. The Bertz CT molecular complexity index is 505. The Labute approximate surface area is 118 Å². The minimum atomic E-state index is -3.58. The first-order chi connectivity index (χ1) is 9.36. The predicted molar refractivity (Wildman–Crippen MR) is 76.2 cm³/mol. The zero-order valence-electron chi connectivity index (χ0n) is 11.4. The van der Waals surface area contributed by atoms with E-state index in [-0.39, 0.29) is 19.0 Å². The third kappa shape index (κ3) is 4.96. The summed E-state index contributed by atoms with van der Waals surface area (Å²) in [6, 6.07) is 7.24. The maximum atomic E-state index is 12.1. The maximum Gasteiger partial charge on any atom is 0.303 e. The molecule has 20 heavy (non-hydrogen) atoms. The minimum absolute atomic E-state index is 0.00492. The van der Waals surface area contributed by atoms with Crippen molar-refractivity contribution in [3.63, 3.8) is 0 Å². The SMILES string of the molecule is COc1ccccc1CCP(=O)(O)[C@@H](N)CCC(=O)O. The van der Waals surface area contributed by atoms with Gasteiger partial charge < -0.3 is 20.5 Å². The van der Waals surface area contributed by atoms with Crippen LogP contribution in [-0.2, 0) is 15.8 Å². The Kier molecular flexibility index (Phi) is 6.20. The van der Waals surface area contributed by atoms with E-state index in [4.69, 9.17) is 15.6 Å². The predicted octanol–water partition coefficient (Wildman–Crippen LogP) is 1.66. The fraction of sp³-hybridized carbons (Fsp3) is 0.462. The topological polar surface area (TPSA) is 110 Å². The molecule has 112 valence electrons. The molecule has 2 atom stereocenters. The first-order valence-corrected chi connectivity index (χ1v) is 8.19. The number of para-hydroxylation sites is 1. The summed E-state index contributed by atoms with van der Waals surface area (Å²) in [7, 11) is -2.04. The summed E-state index contributed by atoms with van der Waals surface area (Å²) in [6.45, 7) is 0. The molecule has 0 aliphatic rings. The zero-order chi connectivity index (χ0) is 15.2. The Morgan fingerprint density at radius 2 is 2.10 bits per heavy atom. The molecule has 1 rings (SSSR count). The maximum absolute atomic E-state index is 12.1. The summed E-state index contributed by atoms with van der Waals surface area (Å²) >= 11 is 0. The number of hydrogen-bond donors (Lipinski definition) is 3. The van der Waals surface area contributed by atoms with Crippen LogP contribution in [0.25, 0.3) is 0 Å². The van der Waals surface area contributed by atoms with E-state index in [2.05, 4.69) is 0 Å². The van der Waals surface area contributed by atoms with Crippen LogP contribution in [0.3, 0.4) is 0 Å². The second kappa shape index (κ2) is 7.43. The Hall–Kier alpha value is -1.36. The highest BCUT2D eigenvalue weighted by Gasteiger charge is 2.27. The van der Waals surface area contributed by atoms with E-state index in [1.54, 1.807) is 6.07 Å². The van der Waals surface area contributed by atoms with Crippen molar-refractivity contribution in [2.45, 2.75) is 25.0 Å². The second-order valence-electron chi connectivity index (χ2n) is 4.54. The Balaban J connectivity index is 2.62. The lowest BCUT2D eigenvalue weighted by molar-refractivity contribution is -0.137. The van der Waals surface area contributed by atoms with Gasteiger partial charge in [-0.3, -0.25) is 9.36 Å². The molecule has 0 saturated heterocycles. The van der Waals surface area contributed by atoms with E-state index in [9.17, 15) is 14.3 Å². The lowest BCUT2D eigenvalue weighted by Gasteiger charge is -2.19. The van der Waals surface area contributed by atoms with Gasteiger partial charge in [-0.15, -0.1) is 0 Å². The van der Waals surface area contributed by atoms with Gasteiger partial charge in [0.2, 0.25) is 7.37 Å². The number of methoxy groups -OCH3 is 1. The van der Waals surface area contributed by atoms with Crippen molar-refractivity contribution in [2.75, 3.05) is 13.3 Å². The molecule has 4 N–H and O–H groups in total. The number of aryl methyl sites for hydroxylation is 1. The minimum Gasteiger partial charge on any atom is -0.496 e. The van der Waals surface area contributed by atoms with Crippen molar-refractivity contribution in [2.24, 2.45) is 5.73 Å². The largest absolute Gasteiger partial charge is 0.496 e. The van der Waals surface area contributed by atoms with Crippen LogP contribution in [-0.4, -0.2) is 35.0 Å². The summed E-state index contributed by atoms with van der Waals surface area (Å²) in [5.74, 6) is -1.37. The monoisotopic (exact) mass is 301 g/mol. The summed E-state index contributed by atoms with van der Waals surface area (Å²) in [5.41, 5.74) is 6.46. The molecular weight excluding hydrogens is 281 g/mol. The molecule has 0 bridgehead atoms. The van der Waals surface area contributed by atoms with Crippen LogP contribution in [0.1, 0.15) is 18.4 Å². The third-order valence-corrected chi connectivity index (χ3v) is 5.23. The number of carboxylic acids is 1. The highest BCUT2D eigenvalue weighted by atomic mass is 31.2. The van der Waals surface area contributed by atoms with Crippen LogP contribution in [0.5, 0.6) is 5.75 Å². The standard InChI is InChI=1S/C13H20NO5P/c1-19-11-5-3-2-4-10(11)8-9-20(17,18)12(14)6-7-13(15)16/h2-5,12H,6-9,14H2,1H3,(H,15,16)(H,17,18)/t12-/m1/s1. The summed E-state index contributed by atoms with van der Waals surface area (Å²) in [5, 5.41) is 8.56. The molecule has 0 amide bonds. The average molecular weight is 301 g/mol. The Morgan fingerprint density at radius 3 is 2.70 bits per heavy atom. The number of ether oxygens (including phenoxy) is 1. The van der Waals surface area contributed by atoms with Crippen LogP contribution < -0.4 is 10.5 Å². The van der Waals surface area contributed by atoms with Crippen molar-refractivity contribution >= 4 is 13.3 Å². The van der Waals surface area contributed by atoms with Crippen molar-refractivity contribution < 1.29 is 24.1 Å². The molecule has 0 spiro atoms. The number of aliphatic carboxylic acids is 1. The summed E-state index contributed by atoms with van der Waals surface area (Å²) in [6.07, 6.45) is 0.155. The van der Waals surface area contributed by atoms with Crippen LogP contribution >= 0.6 is 7.37 Å². The van der Waals surface area contributed by atoms with Gasteiger partial charge in [-0.2, -0.15) is 0 Å². The van der Waals surface area contributed by atoms with Crippen molar-refractivity contribution in [1.29, 1.82) is 0 Å². The smallest absolute Gasteiger partial charge is 0.303 e. The lowest BCUT2D eigenvalue weighted by Crippen LogP contribution is -2.23. The average Bonchev–Trinajstić information content (AvgIpc) is 2.42. The van der Waals surface area contributed by atoms with Gasteiger partial charge in [-0.25, -0.2) is 0 Å². The lowest BCUT2D eigenvalue weighted by atomic mass is 10.1. The van der Waals surface area contributed by atoms with E-state index in [0.717, 1.165) is 5.56 Å². The molecule has 0 aliphatic carbocycles. The molecule has 7 heteroatoms. The van der Waals surface area contributed by atoms with Gasteiger partial charge >= 0.3 is 5.97 Å². The molecule has 0 aromatic heterocycles. The van der Waals surface area contributed by atoms with Gasteiger partial charge in [0.05, 0.1) is 12.9 Å². The molecule has 0 saturated carbocycles. The number of hydrogen-bond acceptors (Lipinski definition) is 4. The van der Waals surface area contributed by atoms with Crippen LogP contribution in [0.15, 0.2) is 24.3 Å². The molecule has 0 heterocycles. The molecule has 1 unspecified atom stereocenters.